The number of hydrogen-bond acceptors (Lipinski definition) is 4. The van der Waals surface area contributed by atoms with Gasteiger partial charge in [0, 0.05) is 35.8 Å². The second-order valence-corrected chi connectivity index (χ2v) is 18.8. The van der Waals surface area contributed by atoms with E-state index in [4.69, 9.17) is 0 Å². The summed E-state index contributed by atoms with van der Waals surface area (Å²) in [5.41, 5.74) is 16.8. The van der Waals surface area contributed by atoms with Crippen molar-refractivity contribution in [2.45, 2.75) is 129 Å². The SMILES string of the molecule is CCCCCCCCc1ccc(N2CCCc3cc(C(=CC=C=Cc4c(C(=O)O)[nH]n(-c5ccccc5)c4=O)c4ccc5c(c4)CCCN5c4ccc(CCCCCCCC)cc4)ccc32)cc1. The first-order valence-electron chi connectivity index (χ1n) is 25.7. The minimum Gasteiger partial charge on any atom is -0.477 e. The fourth-order valence-electron chi connectivity index (χ4n) is 10.1. The molecule has 0 saturated carbocycles. The van der Waals surface area contributed by atoms with Gasteiger partial charge in [-0.15, -0.1) is 5.73 Å². The van der Waals surface area contributed by atoms with E-state index in [9.17, 15) is 14.7 Å². The van der Waals surface area contributed by atoms with E-state index in [1.165, 1.54) is 133 Å². The van der Waals surface area contributed by atoms with E-state index in [2.05, 4.69) is 125 Å². The van der Waals surface area contributed by atoms with Crippen LogP contribution >= 0.6 is 0 Å². The number of carboxylic acids is 1. The number of benzene rings is 5. The average Bonchev–Trinajstić information content (AvgIpc) is 3.71. The molecule has 5 aromatic carbocycles. The molecule has 7 heteroatoms. The lowest BCUT2D eigenvalue weighted by Gasteiger charge is -2.33. The van der Waals surface area contributed by atoms with Crippen LogP contribution in [0.15, 0.2) is 138 Å². The zero-order valence-electron chi connectivity index (χ0n) is 40.4. The van der Waals surface area contributed by atoms with Gasteiger partial charge < -0.3 is 14.9 Å². The molecule has 0 saturated heterocycles. The van der Waals surface area contributed by atoms with E-state index in [1.54, 1.807) is 18.2 Å². The summed E-state index contributed by atoms with van der Waals surface area (Å²) in [6, 6.07) is 41.2. The Morgan fingerprint density at radius 2 is 1.12 bits per heavy atom. The molecule has 352 valence electrons. The van der Waals surface area contributed by atoms with Gasteiger partial charge in [0.25, 0.3) is 5.56 Å². The number of nitrogens with zero attached hydrogens (tertiary/aromatic N) is 3. The van der Waals surface area contributed by atoms with Crippen LogP contribution < -0.4 is 15.4 Å². The van der Waals surface area contributed by atoms with Gasteiger partial charge >= 0.3 is 5.97 Å². The molecular weight excluding hydrogens is 837 g/mol. The van der Waals surface area contributed by atoms with Crippen LogP contribution in [-0.4, -0.2) is 33.9 Å². The fourth-order valence-corrected chi connectivity index (χ4v) is 10.1. The normalized spacial score (nSPS) is 13.1. The highest BCUT2D eigenvalue weighted by atomic mass is 16.4. The Hall–Kier alpha value is -6.56. The summed E-state index contributed by atoms with van der Waals surface area (Å²) < 4.78 is 1.26. The van der Waals surface area contributed by atoms with Gasteiger partial charge in [-0.1, -0.05) is 133 Å². The second-order valence-electron chi connectivity index (χ2n) is 18.8. The average molecular weight is 907 g/mol. The van der Waals surface area contributed by atoms with Crippen molar-refractivity contribution >= 4 is 40.4 Å². The Balaban J connectivity index is 1.08. The van der Waals surface area contributed by atoms with Crippen LogP contribution in [0.2, 0.25) is 0 Å². The first-order valence-corrected chi connectivity index (χ1v) is 25.7. The van der Waals surface area contributed by atoms with Crippen molar-refractivity contribution in [3.8, 4) is 5.69 Å². The van der Waals surface area contributed by atoms with E-state index >= 15 is 0 Å². The number of aromatic nitrogens is 2. The second kappa shape index (κ2) is 23.9. The van der Waals surface area contributed by atoms with Crippen molar-refractivity contribution in [2.75, 3.05) is 22.9 Å². The summed E-state index contributed by atoms with van der Waals surface area (Å²) in [5, 5.41) is 12.8. The lowest BCUT2D eigenvalue weighted by Crippen LogP contribution is -2.24. The molecule has 2 N–H and O–H groups in total. The molecule has 0 amide bonds. The molecular formula is C61H70N4O3. The standard InChI is InChI=1S/C61H70N4O3/c1-3-5-7-9-11-14-22-46-30-36-52(37-31-46)63-42-20-24-50-44-48(34-40-57(50)63)55(28-18-19-29-56-59(61(67)68)62-65(60(56)66)54-26-16-13-17-27-54)49-35-41-58-51(45-49)25-21-43-64(58)53-38-32-47(33-39-53)23-15-12-10-8-6-4-2/h13,16-18,26-41,44-45,62H,3-12,14-15,20-25,42-43H2,1-2H3,(H,67,68). The number of carboxylic acid groups (broad SMARTS) is 1. The highest BCUT2D eigenvalue weighted by Gasteiger charge is 2.23. The highest BCUT2D eigenvalue weighted by Crippen LogP contribution is 2.39. The molecule has 0 radical (unpaired) electrons. The van der Waals surface area contributed by atoms with Gasteiger partial charge in [0.2, 0.25) is 0 Å². The van der Waals surface area contributed by atoms with Crippen LogP contribution in [0, 0.1) is 0 Å². The van der Waals surface area contributed by atoms with Gasteiger partial charge in [-0.3, -0.25) is 9.89 Å². The number of anilines is 4. The van der Waals surface area contributed by atoms with Crippen LogP contribution in [0.4, 0.5) is 22.7 Å². The molecule has 3 heterocycles. The Kier molecular flexibility index (Phi) is 16.9. The minimum absolute atomic E-state index is 0.0428. The number of rotatable bonds is 22. The molecule has 0 spiro atoms. The Morgan fingerprint density at radius 1 is 0.618 bits per heavy atom. The predicted molar refractivity (Wildman–Crippen MR) is 284 cm³/mol. The molecule has 0 bridgehead atoms. The van der Waals surface area contributed by atoms with Crippen molar-refractivity contribution in [3.63, 3.8) is 0 Å². The molecule has 6 aromatic rings. The third-order valence-corrected chi connectivity index (χ3v) is 13.9. The summed E-state index contributed by atoms with van der Waals surface area (Å²) in [6.07, 6.45) is 27.4. The van der Waals surface area contributed by atoms with Crippen LogP contribution in [0.1, 0.15) is 153 Å². The van der Waals surface area contributed by atoms with Crippen LogP contribution in [0.5, 0.6) is 0 Å². The van der Waals surface area contributed by atoms with Crippen molar-refractivity contribution in [1.82, 2.24) is 9.78 Å². The molecule has 1 aromatic heterocycles. The monoisotopic (exact) mass is 907 g/mol. The number of hydrogen-bond donors (Lipinski definition) is 2. The van der Waals surface area contributed by atoms with Gasteiger partial charge in [-0.05, 0) is 169 Å². The number of aryl methyl sites for hydroxylation is 4. The summed E-state index contributed by atoms with van der Waals surface area (Å²) in [6.45, 7) is 6.50. The summed E-state index contributed by atoms with van der Waals surface area (Å²) >= 11 is 0. The maximum absolute atomic E-state index is 13.6. The number of fused-ring (bicyclic) bond motifs is 2. The van der Waals surface area contributed by atoms with Crippen molar-refractivity contribution in [3.05, 3.63) is 188 Å². The van der Waals surface area contributed by atoms with Gasteiger partial charge in [-0.2, -0.15) is 0 Å². The van der Waals surface area contributed by atoms with E-state index in [0.717, 1.165) is 68.3 Å². The van der Waals surface area contributed by atoms with Gasteiger partial charge in [0.1, 0.15) is 0 Å². The molecule has 68 heavy (non-hydrogen) atoms. The molecule has 0 aliphatic carbocycles. The quantitative estimate of drug-likeness (QED) is 0.0403. The number of aromatic amines is 1. The third-order valence-electron chi connectivity index (χ3n) is 13.9. The maximum Gasteiger partial charge on any atom is 0.354 e. The summed E-state index contributed by atoms with van der Waals surface area (Å²) in [7, 11) is 0. The summed E-state index contributed by atoms with van der Waals surface area (Å²) in [5.74, 6) is -1.21. The molecule has 2 aliphatic heterocycles. The summed E-state index contributed by atoms with van der Waals surface area (Å²) in [4.78, 5) is 30.8. The fraction of sp³-hybridized carbons (Fsp3) is 0.361. The van der Waals surface area contributed by atoms with Crippen molar-refractivity contribution in [1.29, 1.82) is 0 Å². The lowest BCUT2D eigenvalue weighted by molar-refractivity contribution is 0.0689. The first kappa shape index (κ1) is 47.9. The number of aromatic carboxylic acids is 1. The van der Waals surface area contributed by atoms with E-state index in [-0.39, 0.29) is 11.3 Å². The topological polar surface area (TPSA) is 81.6 Å². The van der Waals surface area contributed by atoms with E-state index < -0.39 is 11.5 Å². The van der Waals surface area contributed by atoms with Gasteiger partial charge in [0.05, 0.1) is 11.3 Å². The maximum atomic E-state index is 13.6. The third kappa shape index (κ3) is 11.9. The Morgan fingerprint density at radius 3 is 1.62 bits per heavy atom. The first-order chi connectivity index (χ1) is 33.4. The lowest BCUT2D eigenvalue weighted by atomic mass is 9.90. The van der Waals surface area contributed by atoms with Crippen LogP contribution in [-0.2, 0) is 25.7 Å². The van der Waals surface area contributed by atoms with E-state index in [1.807, 2.05) is 18.2 Å². The smallest absolute Gasteiger partial charge is 0.354 e. The molecule has 0 unspecified atom stereocenters. The zero-order chi connectivity index (χ0) is 47.1. The Bertz CT molecular complexity index is 2630. The van der Waals surface area contributed by atoms with Gasteiger partial charge in [-0.25, -0.2) is 9.48 Å². The minimum atomic E-state index is -1.21. The number of carbonyl (C=O) groups is 1. The van der Waals surface area contributed by atoms with Crippen molar-refractivity contribution in [2.24, 2.45) is 0 Å². The van der Waals surface area contributed by atoms with Crippen LogP contribution in [0.3, 0.4) is 0 Å². The van der Waals surface area contributed by atoms with Crippen LogP contribution in [0.25, 0.3) is 17.3 Å². The molecule has 2 aliphatic rings. The largest absolute Gasteiger partial charge is 0.477 e. The van der Waals surface area contributed by atoms with E-state index in [0.29, 0.717) is 5.69 Å². The number of para-hydroxylation sites is 1. The number of unbranched alkanes of at least 4 members (excludes halogenated alkanes) is 10. The number of allylic oxidation sites excluding steroid dienone is 2. The highest BCUT2D eigenvalue weighted by molar-refractivity contribution is 5.90. The zero-order valence-corrected chi connectivity index (χ0v) is 40.4. The Labute approximate surface area is 404 Å². The molecule has 0 fully saturated rings. The van der Waals surface area contributed by atoms with Crippen molar-refractivity contribution < 1.29 is 9.90 Å². The molecule has 0 atom stereocenters. The van der Waals surface area contributed by atoms with Gasteiger partial charge in [0.15, 0.2) is 5.69 Å². The number of nitrogens with one attached hydrogen (secondary N) is 1. The predicted octanol–water partition coefficient (Wildman–Crippen LogP) is 15.1. The number of H-pyrrole nitrogens is 1. The molecule has 7 nitrogen and oxygen atoms in total. The molecule has 8 rings (SSSR count).